The van der Waals surface area contributed by atoms with E-state index in [0.29, 0.717) is 12.1 Å². The van der Waals surface area contributed by atoms with Gasteiger partial charge < -0.3 is 9.80 Å². The molecule has 0 saturated heterocycles. The molecule has 23 heavy (non-hydrogen) atoms. The third kappa shape index (κ3) is 4.36. The minimum absolute atomic E-state index is 0.0328. The molecule has 0 aliphatic rings. The summed E-state index contributed by atoms with van der Waals surface area (Å²) >= 11 is 0. The maximum Gasteiger partial charge on any atom is 0.253 e. The van der Waals surface area contributed by atoms with Gasteiger partial charge in [0.2, 0.25) is 0 Å². The summed E-state index contributed by atoms with van der Waals surface area (Å²) in [6, 6.07) is 7.58. The van der Waals surface area contributed by atoms with Crippen molar-refractivity contribution in [3.05, 3.63) is 47.4 Å². The van der Waals surface area contributed by atoms with Crippen molar-refractivity contribution < 1.29 is 4.79 Å². The summed E-state index contributed by atoms with van der Waals surface area (Å²) in [4.78, 5) is 25.1. The molecule has 0 aliphatic heterocycles. The Bertz CT molecular complexity index is 680. The van der Waals surface area contributed by atoms with Crippen molar-refractivity contribution in [2.75, 3.05) is 34.2 Å². The predicted octanol–water partition coefficient (Wildman–Crippen LogP) is 2.39. The van der Waals surface area contributed by atoms with E-state index in [1.54, 1.807) is 11.1 Å². The largest absolute Gasteiger partial charge is 0.340 e. The average Bonchev–Trinajstić information content (AvgIpc) is 2.54. The maximum atomic E-state index is 12.4. The van der Waals surface area contributed by atoms with Crippen LogP contribution in [0.2, 0.25) is 0 Å². The van der Waals surface area contributed by atoms with Crippen LogP contribution in [0.1, 0.15) is 21.7 Å². The number of benzene rings is 1. The number of aryl methyl sites for hydroxylation is 2. The van der Waals surface area contributed by atoms with Crippen LogP contribution >= 0.6 is 0 Å². The molecule has 0 fully saturated rings. The van der Waals surface area contributed by atoms with Crippen molar-refractivity contribution in [3.8, 4) is 11.3 Å². The Morgan fingerprint density at radius 3 is 2.30 bits per heavy atom. The first-order chi connectivity index (χ1) is 10.9. The molecular weight excluding hydrogens is 288 g/mol. The second kappa shape index (κ2) is 7.33. The third-order valence-electron chi connectivity index (χ3n) is 3.71. The first-order valence-corrected chi connectivity index (χ1v) is 7.69. The number of amides is 1. The molecule has 1 amide bonds. The van der Waals surface area contributed by atoms with E-state index < -0.39 is 0 Å². The highest BCUT2D eigenvalue weighted by atomic mass is 16.2. The standard InChI is InChI=1S/C18H24N4O/c1-13-12-19-14(2)17(20-13)15-6-8-16(9-7-15)18(23)22(5)11-10-21(3)4/h6-9,12H,10-11H2,1-5H3. The Morgan fingerprint density at radius 2 is 1.70 bits per heavy atom. The van der Waals surface area contributed by atoms with Crippen LogP contribution in [0.15, 0.2) is 30.5 Å². The average molecular weight is 312 g/mol. The van der Waals surface area contributed by atoms with Crippen LogP contribution in [0, 0.1) is 13.8 Å². The molecular formula is C18H24N4O. The van der Waals surface area contributed by atoms with E-state index in [4.69, 9.17) is 0 Å². The first kappa shape index (κ1) is 17.1. The van der Waals surface area contributed by atoms with Crippen molar-refractivity contribution in [1.82, 2.24) is 19.8 Å². The normalized spacial score (nSPS) is 10.9. The molecule has 5 nitrogen and oxygen atoms in total. The number of rotatable bonds is 5. The minimum Gasteiger partial charge on any atom is -0.340 e. The molecule has 1 aromatic heterocycles. The molecule has 2 rings (SSSR count). The minimum atomic E-state index is 0.0328. The molecule has 0 bridgehead atoms. The Labute approximate surface area is 138 Å². The summed E-state index contributed by atoms with van der Waals surface area (Å²) in [5, 5.41) is 0. The molecule has 0 atom stereocenters. The summed E-state index contributed by atoms with van der Waals surface area (Å²) in [6.45, 7) is 5.41. The van der Waals surface area contributed by atoms with Gasteiger partial charge in [-0.3, -0.25) is 9.78 Å². The fourth-order valence-electron chi connectivity index (χ4n) is 2.25. The zero-order chi connectivity index (χ0) is 17.0. The zero-order valence-corrected chi connectivity index (χ0v) is 14.5. The smallest absolute Gasteiger partial charge is 0.253 e. The van der Waals surface area contributed by atoms with E-state index in [2.05, 4.69) is 14.9 Å². The number of aromatic nitrogens is 2. The Kier molecular flexibility index (Phi) is 5.45. The molecule has 0 unspecified atom stereocenters. The summed E-state index contributed by atoms with van der Waals surface area (Å²) < 4.78 is 0. The van der Waals surface area contributed by atoms with E-state index in [1.165, 1.54) is 0 Å². The van der Waals surface area contributed by atoms with Crippen molar-refractivity contribution in [2.24, 2.45) is 0 Å². The van der Waals surface area contributed by atoms with Gasteiger partial charge in [0.1, 0.15) is 0 Å². The predicted molar refractivity (Wildman–Crippen MR) is 92.5 cm³/mol. The van der Waals surface area contributed by atoms with Gasteiger partial charge in [0, 0.05) is 37.5 Å². The number of likely N-dealkylation sites (N-methyl/N-ethyl adjacent to an activating group) is 2. The summed E-state index contributed by atoms with van der Waals surface area (Å²) in [6.07, 6.45) is 1.76. The second-order valence-corrected chi connectivity index (χ2v) is 6.05. The molecule has 0 saturated carbocycles. The number of carbonyl (C=O) groups is 1. The molecule has 2 aromatic rings. The van der Waals surface area contributed by atoms with Crippen molar-refractivity contribution in [2.45, 2.75) is 13.8 Å². The van der Waals surface area contributed by atoms with E-state index >= 15 is 0 Å². The van der Waals surface area contributed by atoms with Crippen molar-refractivity contribution in [3.63, 3.8) is 0 Å². The van der Waals surface area contributed by atoms with Crippen LogP contribution in [0.3, 0.4) is 0 Å². The van der Waals surface area contributed by atoms with E-state index in [-0.39, 0.29) is 5.91 Å². The zero-order valence-electron chi connectivity index (χ0n) is 14.5. The van der Waals surface area contributed by atoms with Crippen LogP contribution in [-0.4, -0.2) is 59.9 Å². The lowest BCUT2D eigenvalue weighted by molar-refractivity contribution is 0.0786. The number of hydrogen-bond donors (Lipinski definition) is 0. The molecule has 0 N–H and O–H groups in total. The SMILES string of the molecule is Cc1cnc(C)c(-c2ccc(C(=O)N(C)CCN(C)C)cc2)n1. The summed E-state index contributed by atoms with van der Waals surface area (Å²) in [5.41, 5.74) is 4.30. The van der Waals surface area contributed by atoms with Crippen molar-refractivity contribution >= 4 is 5.91 Å². The fraction of sp³-hybridized carbons (Fsp3) is 0.389. The van der Waals surface area contributed by atoms with Gasteiger partial charge in [-0.1, -0.05) is 12.1 Å². The Morgan fingerprint density at radius 1 is 1.04 bits per heavy atom. The van der Waals surface area contributed by atoms with Gasteiger partial charge >= 0.3 is 0 Å². The lowest BCUT2D eigenvalue weighted by atomic mass is 10.1. The lowest BCUT2D eigenvalue weighted by Crippen LogP contribution is -2.33. The molecule has 1 aromatic carbocycles. The number of hydrogen-bond acceptors (Lipinski definition) is 4. The highest BCUT2D eigenvalue weighted by molar-refractivity contribution is 5.94. The lowest BCUT2D eigenvalue weighted by Gasteiger charge is -2.19. The van der Waals surface area contributed by atoms with Crippen molar-refractivity contribution in [1.29, 1.82) is 0 Å². The van der Waals surface area contributed by atoms with Gasteiger partial charge in [-0.05, 0) is 40.1 Å². The molecule has 0 radical (unpaired) electrons. The molecule has 1 heterocycles. The third-order valence-corrected chi connectivity index (χ3v) is 3.71. The van der Waals surface area contributed by atoms with Gasteiger partial charge in [-0.2, -0.15) is 0 Å². The highest BCUT2D eigenvalue weighted by Crippen LogP contribution is 2.20. The quantitative estimate of drug-likeness (QED) is 0.850. The number of carbonyl (C=O) groups excluding carboxylic acids is 1. The number of nitrogens with zero attached hydrogens (tertiary/aromatic N) is 4. The molecule has 122 valence electrons. The summed E-state index contributed by atoms with van der Waals surface area (Å²) in [7, 11) is 5.83. The molecule has 5 heteroatoms. The van der Waals surface area contributed by atoms with Gasteiger partial charge in [0.25, 0.3) is 5.91 Å². The van der Waals surface area contributed by atoms with E-state index in [1.807, 2.05) is 59.3 Å². The Hall–Kier alpha value is -2.27. The topological polar surface area (TPSA) is 49.3 Å². The van der Waals surface area contributed by atoms with Gasteiger partial charge in [-0.25, -0.2) is 4.98 Å². The van der Waals surface area contributed by atoms with Crippen LogP contribution < -0.4 is 0 Å². The monoisotopic (exact) mass is 312 g/mol. The van der Waals surface area contributed by atoms with Crippen LogP contribution in [-0.2, 0) is 0 Å². The second-order valence-electron chi connectivity index (χ2n) is 6.05. The Balaban J connectivity index is 2.16. The van der Waals surface area contributed by atoms with Crippen LogP contribution in [0.25, 0.3) is 11.3 Å². The van der Waals surface area contributed by atoms with E-state index in [0.717, 1.165) is 29.2 Å². The van der Waals surface area contributed by atoms with Crippen LogP contribution in [0.5, 0.6) is 0 Å². The fourth-order valence-corrected chi connectivity index (χ4v) is 2.25. The van der Waals surface area contributed by atoms with Gasteiger partial charge in [0.05, 0.1) is 17.1 Å². The van der Waals surface area contributed by atoms with Gasteiger partial charge in [0.15, 0.2) is 0 Å². The summed E-state index contributed by atoms with van der Waals surface area (Å²) in [5.74, 6) is 0.0328. The molecule has 0 aliphatic carbocycles. The first-order valence-electron chi connectivity index (χ1n) is 7.69. The highest BCUT2D eigenvalue weighted by Gasteiger charge is 2.12. The maximum absolute atomic E-state index is 12.4. The van der Waals surface area contributed by atoms with Crippen LogP contribution in [0.4, 0.5) is 0 Å². The van der Waals surface area contributed by atoms with Gasteiger partial charge in [-0.15, -0.1) is 0 Å². The molecule has 0 spiro atoms. The van der Waals surface area contributed by atoms with E-state index in [9.17, 15) is 4.79 Å².